The second-order valence-electron chi connectivity index (χ2n) is 12.5. The second kappa shape index (κ2) is 10.5. The number of sulfonamides is 1. The van der Waals surface area contributed by atoms with Gasteiger partial charge in [-0.25, -0.2) is 13.1 Å². The second-order valence-corrected chi connectivity index (χ2v) is 15.4. The van der Waals surface area contributed by atoms with E-state index in [0.717, 1.165) is 24.0 Å². The number of piperidine rings is 1. The fourth-order valence-electron chi connectivity index (χ4n) is 7.06. The first-order chi connectivity index (χ1) is 19.5. The van der Waals surface area contributed by atoms with E-state index in [-0.39, 0.29) is 41.5 Å². The van der Waals surface area contributed by atoms with Gasteiger partial charge in [0.2, 0.25) is 15.9 Å². The molecule has 220 valence electrons. The molecule has 4 atom stereocenters. The fraction of sp³-hybridized carbons (Fsp3) is 0.548. The summed E-state index contributed by atoms with van der Waals surface area (Å²) in [4.78, 5) is 30.2. The first kappa shape index (κ1) is 29.0. The van der Waals surface area contributed by atoms with Crippen molar-refractivity contribution in [3.05, 3.63) is 69.7 Å². The zero-order chi connectivity index (χ0) is 29.2. The minimum absolute atomic E-state index is 0.124. The van der Waals surface area contributed by atoms with Crippen LogP contribution in [0.15, 0.2) is 48.5 Å². The van der Waals surface area contributed by atoms with E-state index in [4.69, 9.17) is 27.9 Å². The van der Waals surface area contributed by atoms with E-state index < -0.39 is 26.9 Å². The minimum Gasteiger partial charge on any atom is -0.469 e. The van der Waals surface area contributed by atoms with Gasteiger partial charge < -0.3 is 9.64 Å². The molecule has 1 N–H and O–H groups in total. The van der Waals surface area contributed by atoms with Gasteiger partial charge in [0, 0.05) is 28.5 Å². The average molecular weight is 620 g/mol. The molecule has 6 rings (SSSR count). The molecule has 4 fully saturated rings. The number of amides is 1. The zero-order valence-electron chi connectivity index (χ0n) is 23.3. The van der Waals surface area contributed by atoms with Crippen molar-refractivity contribution in [3.63, 3.8) is 0 Å². The largest absolute Gasteiger partial charge is 0.469 e. The zero-order valence-corrected chi connectivity index (χ0v) is 25.6. The molecule has 10 heteroatoms. The van der Waals surface area contributed by atoms with Crippen molar-refractivity contribution in [2.45, 2.75) is 75.1 Å². The van der Waals surface area contributed by atoms with E-state index in [0.29, 0.717) is 42.1 Å². The summed E-state index contributed by atoms with van der Waals surface area (Å²) in [6, 6.07) is 14.4. The number of rotatable bonds is 10. The highest BCUT2D eigenvalue weighted by Gasteiger charge is 2.70. The summed E-state index contributed by atoms with van der Waals surface area (Å²) in [5.74, 6) is -0.533. The Morgan fingerprint density at radius 2 is 1.73 bits per heavy atom. The lowest BCUT2D eigenvalue weighted by Gasteiger charge is -2.54. The molecular weight excluding hydrogens is 583 g/mol. The van der Waals surface area contributed by atoms with Gasteiger partial charge in [-0.05, 0) is 93.2 Å². The van der Waals surface area contributed by atoms with Gasteiger partial charge in [0.1, 0.15) is 0 Å². The van der Waals surface area contributed by atoms with Crippen LogP contribution in [0, 0.1) is 16.7 Å². The van der Waals surface area contributed by atoms with Gasteiger partial charge in [-0.1, -0.05) is 47.5 Å². The molecule has 0 spiro atoms. The van der Waals surface area contributed by atoms with Crippen LogP contribution >= 0.6 is 23.2 Å². The summed E-state index contributed by atoms with van der Waals surface area (Å²) in [7, 11) is -2.09. The van der Waals surface area contributed by atoms with Gasteiger partial charge in [-0.2, -0.15) is 0 Å². The molecule has 0 bridgehead atoms. The number of esters is 1. The van der Waals surface area contributed by atoms with Gasteiger partial charge in [-0.3, -0.25) is 9.59 Å². The van der Waals surface area contributed by atoms with Crippen LogP contribution in [-0.2, 0) is 24.3 Å². The Morgan fingerprint density at radius 1 is 1.05 bits per heavy atom. The van der Waals surface area contributed by atoms with E-state index in [1.165, 1.54) is 7.11 Å². The predicted molar refractivity (Wildman–Crippen MR) is 158 cm³/mol. The number of ether oxygens (including phenoxy) is 1. The average Bonchev–Trinajstić information content (AvgIpc) is 3.79. The topological polar surface area (TPSA) is 92.8 Å². The number of hydrogen-bond acceptors (Lipinski definition) is 5. The Morgan fingerprint density at radius 3 is 2.29 bits per heavy atom. The van der Waals surface area contributed by atoms with Crippen LogP contribution in [0.25, 0.3) is 0 Å². The third-order valence-corrected chi connectivity index (χ3v) is 12.3. The Balaban J connectivity index is 1.50. The summed E-state index contributed by atoms with van der Waals surface area (Å²) in [6.45, 7) is 2.04. The fourth-order valence-corrected chi connectivity index (χ4v) is 8.78. The minimum atomic E-state index is -3.46. The first-order valence-electron chi connectivity index (χ1n) is 14.4. The maximum Gasteiger partial charge on any atom is 0.312 e. The number of likely N-dealkylation sites (tertiary alicyclic amines) is 1. The Kier molecular flexibility index (Phi) is 7.45. The lowest BCUT2D eigenvalue weighted by molar-refractivity contribution is -0.172. The van der Waals surface area contributed by atoms with Gasteiger partial charge in [0.05, 0.1) is 29.2 Å². The van der Waals surface area contributed by atoms with Crippen LogP contribution < -0.4 is 4.72 Å². The normalized spacial score (nSPS) is 28.3. The lowest BCUT2D eigenvalue weighted by Crippen LogP contribution is -2.61. The molecule has 1 saturated heterocycles. The first-order valence-corrected chi connectivity index (χ1v) is 16.7. The maximum absolute atomic E-state index is 15.0. The third-order valence-electron chi connectivity index (χ3n) is 9.87. The summed E-state index contributed by atoms with van der Waals surface area (Å²) < 4.78 is 34.0. The van der Waals surface area contributed by atoms with Crippen LogP contribution in [0.2, 0.25) is 10.0 Å². The molecule has 3 saturated carbocycles. The van der Waals surface area contributed by atoms with Gasteiger partial charge in [0.15, 0.2) is 0 Å². The van der Waals surface area contributed by atoms with Crippen molar-refractivity contribution in [2.75, 3.05) is 13.7 Å². The Labute approximate surface area is 252 Å². The number of hydrogen-bond donors (Lipinski definition) is 1. The molecule has 1 heterocycles. The van der Waals surface area contributed by atoms with Gasteiger partial charge in [0.25, 0.3) is 0 Å². The number of methoxy groups -OCH3 is 1. The van der Waals surface area contributed by atoms with Crippen molar-refractivity contribution in [1.82, 2.24) is 9.62 Å². The monoisotopic (exact) mass is 618 g/mol. The van der Waals surface area contributed by atoms with Crippen LogP contribution in [0.3, 0.4) is 0 Å². The molecule has 4 aliphatic rings. The molecular formula is C31H36Cl2N2O5S. The smallest absolute Gasteiger partial charge is 0.312 e. The van der Waals surface area contributed by atoms with Gasteiger partial charge in [-0.15, -0.1) is 0 Å². The molecule has 2 aromatic rings. The third kappa shape index (κ3) is 5.19. The van der Waals surface area contributed by atoms with E-state index in [1.807, 2.05) is 60.4 Å². The van der Waals surface area contributed by atoms with Crippen molar-refractivity contribution in [1.29, 1.82) is 0 Å². The number of nitrogens with one attached hydrogen (secondary N) is 1. The molecule has 2 aromatic carbocycles. The van der Waals surface area contributed by atoms with E-state index in [9.17, 15) is 18.0 Å². The quantitative estimate of drug-likeness (QED) is 0.336. The predicted octanol–water partition coefficient (Wildman–Crippen LogP) is 5.87. The lowest BCUT2D eigenvalue weighted by atomic mass is 9.61. The molecule has 1 aliphatic heterocycles. The highest BCUT2D eigenvalue weighted by atomic mass is 35.5. The summed E-state index contributed by atoms with van der Waals surface area (Å²) >= 11 is 12.8. The molecule has 3 aliphatic carbocycles. The van der Waals surface area contributed by atoms with E-state index in [1.54, 1.807) is 0 Å². The SMILES string of the molecule is COC(=O)C1([C@@]2(C)C[C@H](c3cccc(Cl)c3)[C@@H](c3ccc(Cl)cc3)N(C(CNS(=O)(=O)C3CC3)C3CC3)C2=O)CC1. The van der Waals surface area contributed by atoms with Crippen molar-refractivity contribution in [2.24, 2.45) is 16.7 Å². The van der Waals surface area contributed by atoms with Crippen LogP contribution in [0.4, 0.5) is 0 Å². The highest BCUT2D eigenvalue weighted by molar-refractivity contribution is 7.90. The summed E-state index contributed by atoms with van der Waals surface area (Å²) in [5, 5.41) is 0.822. The summed E-state index contributed by atoms with van der Waals surface area (Å²) in [5.41, 5.74) is -0.0812. The summed E-state index contributed by atoms with van der Waals surface area (Å²) in [6.07, 6.45) is 4.72. The van der Waals surface area contributed by atoms with Crippen molar-refractivity contribution in [3.8, 4) is 0 Å². The number of carbonyl (C=O) groups excluding carboxylic acids is 2. The number of carbonyl (C=O) groups is 2. The van der Waals surface area contributed by atoms with Crippen molar-refractivity contribution < 1.29 is 22.7 Å². The van der Waals surface area contributed by atoms with Crippen LogP contribution in [0.5, 0.6) is 0 Å². The Bertz CT molecular complexity index is 1450. The molecule has 7 nitrogen and oxygen atoms in total. The molecule has 0 aromatic heterocycles. The van der Waals surface area contributed by atoms with E-state index in [2.05, 4.69) is 4.72 Å². The maximum atomic E-state index is 15.0. The van der Waals surface area contributed by atoms with Gasteiger partial charge >= 0.3 is 5.97 Å². The van der Waals surface area contributed by atoms with Crippen molar-refractivity contribution >= 4 is 45.1 Å². The molecule has 1 unspecified atom stereocenters. The Hall–Kier alpha value is -2.13. The molecule has 1 amide bonds. The number of halogens is 2. The number of benzene rings is 2. The number of nitrogens with zero attached hydrogens (tertiary/aromatic N) is 1. The molecule has 0 radical (unpaired) electrons. The van der Waals surface area contributed by atoms with Crippen LogP contribution in [-0.4, -0.2) is 50.1 Å². The standard InChI is InChI=1S/C31H36Cl2N2O5S/c1-30(31(14-15-31)29(37)40-2)17-25(21-4-3-5-23(33)16-21)27(20-8-10-22(32)11-9-20)35(28(30)36)26(19-6-7-19)18-34-41(38,39)24-12-13-24/h3-5,8-11,16,19,24-27,34H,6-7,12-15,17-18H2,1-2H3/t25-,26?,27-,30+/m1/s1. The van der Waals surface area contributed by atoms with Crippen LogP contribution in [0.1, 0.15) is 75.0 Å². The van der Waals surface area contributed by atoms with E-state index >= 15 is 0 Å². The molecule has 41 heavy (non-hydrogen) atoms. The highest BCUT2D eigenvalue weighted by Crippen LogP contribution is 2.67.